The highest BCUT2D eigenvalue weighted by atomic mass is 19.3. The van der Waals surface area contributed by atoms with Crippen LogP contribution in [0.25, 0.3) is 11.1 Å². The number of alkyl halides is 2. The molecule has 6 nitrogen and oxygen atoms in total. The molecule has 1 aliphatic carbocycles. The summed E-state index contributed by atoms with van der Waals surface area (Å²) < 4.78 is 47.8. The van der Waals surface area contributed by atoms with Gasteiger partial charge < -0.3 is 10.1 Å². The van der Waals surface area contributed by atoms with Crippen LogP contribution >= 0.6 is 0 Å². The molecule has 3 aromatic rings. The van der Waals surface area contributed by atoms with E-state index in [2.05, 4.69) is 20.3 Å². The topological polar surface area (TPSA) is 77.0 Å². The van der Waals surface area contributed by atoms with Gasteiger partial charge in [0.15, 0.2) is 0 Å². The lowest BCUT2D eigenvalue weighted by Crippen LogP contribution is -2.26. The Labute approximate surface area is 207 Å². The largest absolute Gasteiger partial charge is 0.381 e. The minimum atomic E-state index is -2.72. The van der Waals surface area contributed by atoms with Crippen molar-refractivity contribution in [2.24, 2.45) is 5.92 Å². The van der Waals surface area contributed by atoms with Gasteiger partial charge in [0.2, 0.25) is 5.92 Å². The molecule has 36 heavy (non-hydrogen) atoms. The van der Waals surface area contributed by atoms with Crippen molar-refractivity contribution in [3.05, 3.63) is 71.8 Å². The summed E-state index contributed by atoms with van der Waals surface area (Å²) in [6, 6.07) is 7.74. The molecule has 5 rings (SSSR count). The third-order valence-corrected chi connectivity index (χ3v) is 6.93. The van der Waals surface area contributed by atoms with Crippen molar-refractivity contribution in [3.8, 4) is 11.1 Å². The number of rotatable bonds is 6. The number of benzene rings is 1. The van der Waals surface area contributed by atoms with Crippen molar-refractivity contribution in [1.82, 2.24) is 15.0 Å². The number of pyridine rings is 1. The molecule has 2 aromatic heterocycles. The van der Waals surface area contributed by atoms with Gasteiger partial charge in [-0.2, -0.15) is 0 Å². The Hall–Kier alpha value is -3.33. The number of carbonyl (C=O) groups excluding carboxylic acids is 1. The molecule has 1 aromatic carbocycles. The zero-order chi connectivity index (χ0) is 25.1. The van der Waals surface area contributed by atoms with Crippen LogP contribution in [0, 0.1) is 11.7 Å². The summed E-state index contributed by atoms with van der Waals surface area (Å²) in [4.78, 5) is 26.8. The highest BCUT2D eigenvalue weighted by Gasteiger charge is 2.37. The fraction of sp³-hybridized carbons (Fsp3) is 0.407. The zero-order valence-electron chi connectivity index (χ0n) is 19.7. The van der Waals surface area contributed by atoms with Crippen LogP contribution in [0.5, 0.6) is 0 Å². The smallest absolute Gasteiger partial charge is 0.258 e. The molecule has 0 spiro atoms. The van der Waals surface area contributed by atoms with Crippen LogP contribution in [-0.2, 0) is 11.2 Å². The fourth-order valence-electron chi connectivity index (χ4n) is 4.96. The molecule has 1 saturated carbocycles. The van der Waals surface area contributed by atoms with E-state index in [1.807, 2.05) is 0 Å². The van der Waals surface area contributed by atoms with Gasteiger partial charge in [-0.1, -0.05) is 18.2 Å². The molecule has 1 unspecified atom stereocenters. The van der Waals surface area contributed by atoms with Gasteiger partial charge in [-0.3, -0.25) is 9.78 Å². The third-order valence-electron chi connectivity index (χ3n) is 6.93. The van der Waals surface area contributed by atoms with Gasteiger partial charge in [-0.05, 0) is 37.3 Å². The highest BCUT2D eigenvalue weighted by Crippen LogP contribution is 2.42. The Morgan fingerprint density at radius 1 is 1.03 bits per heavy atom. The van der Waals surface area contributed by atoms with Gasteiger partial charge in [-0.15, -0.1) is 0 Å². The molecule has 188 valence electrons. The van der Waals surface area contributed by atoms with Crippen molar-refractivity contribution in [2.75, 3.05) is 18.5 Å². The first-order chi connectivity index (χ1) is 17.4. The quantitative estimate of drug-likeness (QED) is 0.467. The molecule has 3 heterocycles. The lowest BCUT2D eigenvalue weighted by Gasteiger charge is -2.29. The normalized spacial score (nSPS) is 19.8. The van der Waals surface area contributed by atoms with Crippen molar-refractivity contribution in [3.63, 3.8) is 0 Å². The minimum Gasteiger partial charge on any atom is -0.381 e. The van der Waals surface area contributed by atoms with E-state index in [1.165, 1.54) is 24.7 Å². The molecule has 2 fully saturated rings. The minimum absolute atomic E-state index is 0.185. The average Bonchev–Trinajstić information content (AvgIpc) is 3.38. The average molecular weight is 497 g/mol. The van der Waals surface area contributed by atoms with Crippen LogP contribution in [0.1, 0.15) is 59.9 Å². The van der Waals surface area contributed by atoms with Crippen molar-refractivity contribution >= 4 is 11.6 Å². The Morgan fingerprint density at radius 3 is 2.47 bits per heavy atom. The Morgan fingerprint density at radius 2 is 1.78 bits per heavy atom. The summed E-state index contributed by atoms with van der Waals surface area (Å²) in [5.41, 5.74) is 1.59. The van der Waals surface area contributed by atoms with Gasteiger partial charge in [0, 0.05) is 55.7 Å². The lowest BCUT2D eigenvalue weighted by molar-refractivity contribution is -0.0385. The number of carbonyl (C=O) groups is 1. The van der Waals surface area contributed by atoms with Crippen LogP contribution in [0.4, 0.5) is 18.9 Å². The number of ether oxygens (including phenoxy) is 1. The second-order valence-corrected chi connectivity index (χ2v) is 9.50. The number of hydrogen-bond acceptors (Lipinski definition) is 5. The molecule has 1 amide bonds. The zero-order valence-corrected chi connectivity index (χ0v) is 19.7. The van der Waals surface area contributed by atoms with Gasteiger partial charge >= 0.3 is 0 Å². The number of nitrogens with zero attached hydrogens (tertiary/aromatic N) is 3. The van der Waals surface area contributed by atoms with Crippen LogP contribution in [0.2, 0.25) is 0 Å². The lowest BCUT2D eigenvalue weighted by atomic mass is 9.81. The first kappa shape index (κ1) is 24.4. The molecule has 2 aliphatic rings. The van der Waals surface area contributed by atoms with E-state index < -0.39 is 17.6 Å². The first-order valence-corrected chi connectivity index (χ1v) is 12.2. The standard InChI is InChI=1S/C27H27F3N4O2/c28-22-4-2-1-3-20(22)21-7-11-31-25(18-5-9-27(29,30)10-6-18)24(21)26(35)34-19-14-32-23(33-15-19)13-17-8-12-36-16-17/h1-4,7,11,14-15,17-18H,5-6,8-10,12-13,16H2,(H,34,35). The fourth-order valence-corrected chi connectivity index (χ4v) is 4.96. The van der Waals surface area contributed by atoms with Gasteiger partial charge in [0.1, 0.15) is 11.6 Å². The summed E-state index contributed by atoms with van der Waals surface area (Å²) >= 11 is 0. The van der Waals surface area contributed by atoms with E-state index in [-0.39, 0.29) is 42.7 Å². The van der Waals surface area contributed by atoms with E-state index in [9.17, 15) is 18.0 Å². The van der Waals surface area contributed by atoms with E-state index >= 15 is 0 Å². The van der Waals surface area contributed by atoms with Crippen LogP contribution < -0.4 is 5.32 Å². The SMILES string of the molecule is O=C(Nc1cnc(CC2CCOC2)nc1)c1c(-c2ccccc2F)ccnc1C1CCC(F)(F)CC1. The molecule has 1 saturated heterocycles. The van der Waals surface area contributed by atoms with Crippen LogP contribution in [0.3, 0.4) is 0 Å². The van der Waals surface area contributed by atoms with E-state index in [4.69, 9.17) is 4.74 Å². The number of halogens is 3. The number of anilines is 1. The summed E-state index contributed by atoms with van der Waals surface area (Å²) in [5, 5.41) is 2.81. The van der Waals surface area contributed by atoms with Crippen LogP contribution in [0.15, 0.2) is 48.9 Å². The maximum atomic E-state index is 14.8. The Kier molecular flexibility index (Phi) is 7.00. The number of hydrogen-bond donors (Lipinski definition) is 1. The van der Waals surface area contributed by atoms with E-state index in [0.717, 1.165) is 13.0 Å². The van der Waals surface area contributed by atoms with Crippen molar-refractivity contribution in [1.29, 1.82) is 0 Å². The number of aromatic nitrogens is 3. The predicted molar refractivity (Wildman–Crippen MR) is 128 cm³/mol. The third kappa shape index (κ3) is 5.41. The van der Waals surface area contributed by atoms with E-state index in [0.29, 0.717) is 41.7 Å². The van der Waals surface area contributed by atoms with Gasteiger partial charge in [0.25, 0.3) is 5.91 Å². The monoisotopic (exact) mass is 496 g/mol. The Bertz CT molecular complexity index is 1220. The summed E-state index contributed by atoms with van der Waals surface area (Å²) in [6.45, 7) is 1.44. The van der Waals surface area contributed by atoms with Crippen LogP contribution in [-0.4, -0.2) is 40.0 Å². The molecule has 9 heteroatoms. The molecule has 0 bridgehead atoms. The molecule has 0 radical (unpaired) electrons. The molecule has 1 atom stereocenters. The molecular weight excluding hydrogens is 469 g/mol. The summed E-state index contributed by atoms with van der Waals surface area (Å²) in [7, 11) is 0. The summed E-state index contributed by atoms with van der Waals surface area (Å²) in [5.74, 6) is -2.98. The second-order valence-electron chi connectivity index (χ2n) is 9.50. The molecule has 1 N–H and O–H groups in total. The molecular formula is C27H27F3N4O2. The number of amides is 1. The van der Waals surface area contributed by atoms with Crippen molar-refractivity contribution < 1.29 is 22.7 Å². The summed E-state index contributed by atoms with van der Waals surface area (Å²) in [6.07, 6.45) is 6.10. The van der Waals surface area contributed by atoms with Crippen molar-refractivity contribution in [2.45, 2.75) is 50.4 Å². The first-order valence-electron chi connectivity index (χ1n) is 12.2. The predicted octanol–water partition coefficient (Wildman–Crippen LogP) is 5.80. The van der Waals surface area contributed by atoms with E-state index in [1.54, 1.807) is 24.3 Å². The highest BCUT2D eigenvalue weighted by molar-refractivity contribution is 6.09. The second kappa shape index (κ2) is 10.3. The van der Waals surface area contributed by atoms with Gasteiger partial charge in [-0.25, -0.2) is 23.1 Å². The maximum absolute atomic E-state index is 14.8. The Balaban J connectivity index is 1.45. The number of nitrogens with one attached hydrogen (secondary N) is 1. The maximum Gasteiger partial charge on any atom is 0.258 e. The molecule has 1 aliphatic heterocycles. The van der Waals surface area contributed by atoms with Gasteiger partial charge in [0.05, 0.1) is 29.3 Å².